The van der Waals surface area contributed by atoms with Crippen molar-refractivity contribution >= 4 is 29.2 Å². The highest BCUT2D eigenvalue weighted by atomic mass is 19.1. The SMILES string of the molecule is O=C1Nc2ccc(F)cc2C1C=Nc1ccc(NCCCN2CCOCC2)c(F)c1. The van der Waals surface area contributed by atoms with Gasteiger partial charge in [0.25, 0.3) is 0 Å². The van der Waals surface area contributed by atoms with E-state index in [2.05, 4.69) is 20.5 Å². The molecular weight excluding hydrogens is 390 g/mol. The van der Waals surface area contributed by atoms with Gasteiger partial charge in [-0.25, -0.2) is 8.78 Å². The van der Waals surface area contributed by atoms with E-state index in [4.69, 9.17) is 4.74 Å². The average Bonchev–Trinajstić information content (AvgIpc) is 3.06. The average molecular weight is 414 g/mol. The lowest BCUT2D eigenvalue weighted by Crippen LogP contribution is -2.37. The number of nitrogens with one attached hydrogen (secondary N) is 2. The number of carbonyl (C=O) groups is 1. The van der Waals surface area contributed by atoms with Gasteiger partial charge in [0, 0.05) is 37.6 Å². The lowest BCUT2D eigenvalue weighted by molar-refractivity contribution is -0.115. The normalized spacial score (nSPS) is 19.1. The molecule has 0 aliphatic carbocycles. The molecule has 158 valence electrons. The largest absolute Gasteiger partial charge is 0.383 e. The van der Waals surface area contributed by atoms with Crippen LogP contribution in [0.4, 0.5) is 25.8 Å². The van der Waals surface area contributed by atoms with Crippen molar-refractivity contribution in [1.29, 1.82) is 0 Å². The summed E-state index contributed by atoms with van der Waals surface area (Å²) in [5, 5.41) is 5.81. The van der Waals surface area contributed by atoms with Crippen LogP contribution in [0.1, 0.15) is 17.9 Å². The fourth-order valence-electron chi connectivity index (χ4n) is 3.64. The number of halogens is 2. The molecular formula is C22H24F2N4O2. The molecule has 30 heavy (non-hydrogen) atoms. The molecule has 4 rings (SSSR count). The maximum Gasteiger partial charge on any atom is 0.237 e. The zero-order valence-corrected chi connectivity index (χ0v) is 16.5. The van der Waals surface area contributed by atoms with Gasteiger partial charge < -0.3 is 15.4 Å². The summed E-state index contributed by atoms with van der Waals surface area (Å²) in [6.07, 6.45) is 2.33. The quantitative estimate of drug-likeness (QED) is 0.537. The highest BCUT2D eigenvalue weighted by Gasteiger charge is 2.29. The summed E-state index contributed by atoms with van der Waals surface area (Å²) in [4.78, 5) is 18.7. The molecule has 2 heterocycles. The van der Waals surface area contributed by atoms with Gasteiger partial charge in [-0.2, -0.15) is 0 Å². The Morgan fingerprint density at radius 1 is 1.20 bits per heavy atom. The first-order chi connectivity index (χ1) is 14.6. The first-order valence-electron chi connectivity index (χ1n) is 10.1. The van der Waals surface area contributed by atoms with E-state index in [9.17, 15) is 13.6 Å². The first kappa shape index (κ1) is 20.4. The van der Waals surface area contributed by atoms with E-state index in [1.165, 1.54) is 30.5 Å². The minimum absolute atomic E-state index is 0.279. The number of hydrogen-bond donors (Lipinski definition) is 2. The monoisotopic (exact) mass is 414 g/mol. The van der Waals surface area contributed by atoms with E-state index in [1.807, 2.05) is 0 Å². The number of ether oxygens (including phenoxy) is 1. The second kappa shape index (κ2) is 9.32. The maximum absolute atomic E-state index is 14.4. The first-order valence-corrected chi connectivity index (χ1v) is 10.1. The van der Waals surface area contributed by atoms with Gasteiger partial charge in [-0.15, -0.1) is 0 Å². The zero-order valence-electron chi connectivity index (χ0n) is 16.5. The molecule has 1 atom stereocenters. The third-order valence-corrected chi connectivity index (χ3v) is 5.28. The third-order valence-electron chi connectivity index (χ3n) is 5.28. The molecule has 0 spiro atoms. The summed E-state index contributed by atoms with van der Waals surface area (Å²) >= 11 is 0. The number of rotatable bonds is 7. The summed E-state index contributed by atoms with van der Waals surface area (Å²) in [5.74, 6) is -1.80. The molecule has 1 saturated heterocycles. The Hall–Kier alpha value is -2.84. The summed E-state index contributed by atoms with van der Waals surface area (Å²) in [6.45, 7) is 5.04. The molecule has 0 aromatic heterocycles. The predicted octanol–water partition coefficient (Wildman–Crippen LogP) is 3.54. The molecule has 2 aromatic carbocycles. The summed E-state index contributed by atoms with van der Waals surface area (Å²) in [7, 11) is 0. The van der Waals surface area contributed by atoms with Crippen molar-refractivity contribution in [3.8, 4) is 0 Å². The van der Waals surface area contributed by atoms with Crippen molar-refractivity contribution in [3.05, 3.63) is 53.6 Å². The van der Waals surface area contributed by atoms with Gasteiger partial charge in [0.2, 0.25) is 5.91 Å². The highest BCUT2D eigenvalue weighted by Crippen LogP contribution is 2.32. The van der Waals surface area contributed by atoms with Crippen LogP contribution in [-0.4, -0.2) is 56.4 Å². The van der Waals surface area contributed by atoms with Crippen LogP contribution in [0.3, 0.4) is 0 Å². The van der Waals surface area contributed by atoms with Gasteiger partial charge >= 0.3 is 0 Å². The molecule has 1 amide bonds. The Balaban J connectivity index is 1.33. The van der Waals surface area contributed by atoms with Gasteiger partial charge in [0.15, 0.2) is 0 Å². The number of amides is 1. The minimum atomic E-state index is -0.697. The van der Waals surface area contributed by atoms with Gasteiger partial charge in [0.05, 0.1) is 24.6 Å². The van der Waals surface area contributed by atoms with Gasteiger partial charge in [-0.1, -0.05) is 0 Å². The van der Waals surface area contributed by atoms with Crippen LogP contribution in [0.2, 0.25) is 0 Å². The third kappa shape index (κ3) is 4.83. The second-order valence-electron chi connectivity index (χ2n) is 7.38. The predicted molar refractivity (Wildman–Crippen MR) is 113 cm³/mol. The number of aliphatic imine (C=N–C) groups is 1. The highest BCUT2D eigenvalue weighted by molar-refractivity contribution is 6.12. The number of anilines is 2. The Labute approximate surface area is 173 Å². The standard InChI is InChI=1S/C22H24F2N4O2/c23-15-2-4-20-17(12-15)18(22(29)27-20)14-26-16-3-5-21(19(24)13-16)25-6-1-7-28-8-10-30-11-9-28/h2-5,12-14,18,25H,1,6-11H2,(H,27,29). The van der Waals surface area contributed by atoms with Crippen molar-refractivity contribution in [3.63, 3.8) is 0 Å². The molecule has 1 fully saturated rings. The molecule has 8 heteroatoms. The van der Waals surface area contributed by atoms with E-state index in [0.29, 0.717) is 29.2 Å². The van der Waals surface area contributed by atoms with Crippen LogP contribution in [0.15, 0.2) is 41.4 Å². The van der Waals surface area contributed by atoms with Crippen molar-refractivity contribution < 1.29 is 18.3 Å². The zero-order chi connectivity index (χ0) is 20.9. The van der Waals surface area contributed by atoms with Crippen LogP contribution < -0.4 is 10.6 Å². The maximum atomic E-state index is 14.4. The molecule has 2 aliphatic heterocycles. The Bertz CT molecular complexity index is 945. The topological polar surface area (TPSA) is 66.0 Å². The van der Waals surface area contributed by atoms with Crippen LogP contribution in [0.5, 0.6) is 0 Å². The molecule has 0 bridgehead atoms. The Morgan fingerprint density at radius 2 is 2.03 bits per heavy atom. The lowest BCUT2D eigenvalue weighted by Gasteiger charge is -2.26. The van der Waals surface area contributed by atoms with Crippen molar-refractivity contribution in [1.82, 2.24) is 4.90 Å². The summed E-state index contributed by atoms with van der Waals surface area (Å²) in [5.41, 5.74) is 1.91. The molecule has 0 radical (unpaired) electrons. The number of fused-ring (bicyclic) bond motifs is 1. The fraction of sp³-hybridized carbons (Fsp3) is 0.364. The van der Waals surface area contributed by atoms with Gasteiger partial charge in [0.1, 0.15) is 17.6 Å². The number of morpholine rings is 1. The van der Waals surface area contributed by atoms with Crippen LogP contribution >= 0.6 is 0 Å². The summed E-state index contributed by atoms with van der Waals surface area (Å²) in [6, 6.07) is 8.77. The van der Waals surface area contributed by atoms with Crippen LogP contribution in [0, 0.1) is 11.6 Å². The minimum Gasteiger partial charge on any atom is -0.383 e. The molecule has 1 unspecified atom stereocenters. The van der Waals surface area contributed by atoms with Crippen molar-refractivity contribution in [2.24, 2.45) is 4.99 Å². The molecule has 2 aromatic rings. The van der Waals surface area contributed by atoms with Gasteiger partial charge in [-0.3, -0.25) is 14.7 Å². The molecule has 6 nitrogen and oxygen atoms in total. The molecule has 2 aliphatic rings. The smallest absolute Gasteiger partial charge is 0.237 e. The lowest BCUT2D eigenvalue weighted by atomic mass is 10.0. The van der Waals surface area contributed by atoms with Crippen LogP contribution in [0.25, 0.3) is 0 Å². The molecule has 0 saturated carbocycles. The van der Waals surface area contributed by atoms with Gasteiger partial charge in [-0.05, 0) is 48.9 Å². The Morgan fingerprint density at radius 3 is 2.83 bits per heavy atom. The second-order valence-corrected chi connectivity index (χ2v) is 7.38. The fourth-order valence-corrected chi connectivity index (χ4v) is 3.64. The number of carbonyl (C=O) groups excluding carboxylic acids is 1. The van der Waals surface area contributed by atoms with Crippen molar-refractivity contribution in [2.45, 2.75) is 12.3 Å². The van der Waals surface area contributed by atoms with Crippen molar-refractivity contribution in [2.75, 3.05) is 50.0 Å². The number of benzene rings is 2. The summed E-state index contributed by atoms with van der Waals surface area (Å²) < 4.78 is 33.2. The number of hydrogen-bond acceptors (Lipinski definition) is 5. The van der Waals surface area contributed by atoms with Crippen LogP contribution in [-0.2, 0) is 9.53 Å². The van der Waals surface area contributed by atoms with E-state index in [-0.39, 0.29) is 5.91 Å². The van der Waals surface area contributed by atoms with E-state index in [0.717, 1.165) is 39.3 Å². The van der Waals surface area contributed by atoms with E-state index >= 15 is 0 Å². The Kier molecular flexibility index (Phi) is 6.35. The molecule has 2 N–H and O–H groups in total. The van der Waals surface area contributed by atoms with E-state index in [1.54, 1.807) is 12.1 Å². The van der Waals surface area contributed by atoms with E-state index < -0.39 is 17.6 Å². The number of nitrogens with zero attached hydrogens (tertiary/aromatic N) is 2.